The molecule has 18 heavy (non-hydrogen) atoms. The standard InChI is InChI=1S/C12H20N2O3S/c1-9-8-18-12(17)14(9)7-3-4-11(16)13-6-5-10(2)15/h8,10,15H,3-7H2,1-2H3,(H,13,16). The first-order valence-electron chi connectivity index (χ1n) is 6.10. The van der Waals surface area contributed by atoms with Crippen LogP contribution in [0.25, 0.3) is 0 Å². The molecular weight excluding hydrogens is 252 g/mol. The van der Waals surface area contributed by atoms with Crippen LogP contribution in [0.3, 0.4) is 0 Å². The van der Waals surface area contributed by atoms with Gasteiger partial charge >= 0.3 is 4.87 Å². The molecule has 1 rings (SSSR count). The molecule has 0 aromatic carbocycles. The summed E-state index contributed by atoms with van der Waals surface area (Å²) in [6, 6.07) is 0. The molecule has 0 saturated heterocycles. The highest BCUT2D eigenvalue weighted by Crippen LogP contribution is 2.02. The minimum atomic E-state index is -0.391. The van der Waals surface area contributed by atoms with Crippen molar-refractivity contribution in [3.05, 3.63) is 20.7 Å². The Balaban J connectivity index is 2.22. The quantitative estimate of drug-likeness (QED) is 0.774. The maximum atomic E-state index is 11.4. The van der Waals surface area contributed by atoms with Gasteiger partial charge in [-0.3, -0.25) is 9.59 Å². The van der Waals surface area contributed by atoms with E-state index in [2.05, 4.69) is 5.32 Å². The average Bonchev–Trinajstić information content (AvgIpc) is 2.60. The normalized spacial score (nSPS) is 12.4. The Hall–Kier alpha value is -1.14. The number of thiazole rings is 1. The van der Waals surface area contributed by atoms with Gasteiger partial charge in [-0.1, -0.05) is 11.3 Å². The number of carbonyl (C=O) groups excluding carboxylic acids is 1. The Morgan fingerprint density at radius 2 is 2.33 bits per heavy atom. The molecule has 1 aromatic heterocycles. The molecule has 0 bridgehead atoms. The second kappa shape index (κ2) is 7.33. The van der Waals surface area contributed by atoms with Crippen molar-refractivity contribution in [3.8, 4) is 0 Å². The van der Waals surface area contributed by atoms with Gasteiger partial charge in [-0.2, -0.15) is 0 Å². The number of aliphatic hydroxyl groups is 1. The molecule has 1 heterocycles. The van der Waals surface area contributed by atoms with Gasteiger partial charge in [0, 0.05) is 30.6 Å². The highest BCUT2D eigenvalue weighted by molar-refractivity contribution is 7.07. The van der Waals surface area contributed by atoms with Crippen molar-refractivity contribution in [3.63, 3.8) is 0 Å². The summed E-state index contributed by atoms with van der Waals surface area (Å²) in [5.74, 6) is -0.0309. The zero-order valence-corrected chi connectivity index (χ0v) is 11.6. The van der Waals surface area contributed by atoms with Gasteiger partial charge in [-0.05, 0) is 26.7 Å². The number of hydrogen-bond donors (Lipinski definition) is 2. The number of amides is 1. The molecule has 0 saturated carbocycles. The second-order valence-corrected chi connectivity index (χ2v) is 5.21. The van der Waals surface area contributed by atoms with Crippen molar-refractivity contribution < 1.29 is 9.90 Å². The van der Waals surface area contributed by atoms with E-state index >= 15 is 0 Å². The van der Waals surface area contributed by atoms with Crippen LogP contribution in [0.5, 0.6) is 0 Å². The fourth-order valence-electron chi connectivity index (χ4n) is 1.58. The van der Waals surface area contributed by atoms with Crippen LogP contribution in [-0.2, 0) is 11.3 Å². The molecule has 5 nitrogen and oxygen atoms in total. The Labute approximate surface area is 110 Å². The summed E-state index contributed by atoms with van der Waals surface area (Å²) >= 11 is 1.19. The van der Waals surface area contributed by atoms with Gasteiger partial charge in [0.05, 0.1) is 6.10 Å². The first-order chi connectivity index (χ1) is 8.50. The summed E-state index contributed by atoms with van der Waals surface area (Å²) in [5, 5.41) is 13.6. The van der Waals surface area contributed by atoms with Crippen LogP contribution in [0.4, 0.5) is 0 Å². The summed E-state index contributed by atoms with van der Waals surface area (Å²) in [5.41, 5.74) is 0.944. The number of rotatable bonds is 7. The van der Waals surface area contributed by atoms with E-state index in [0.717, 1.165) is 5.69 Å². The van der Waals surface area contributed by atoms with Gasteiger partial charge in [0.2, 0.25) is 5.91 Å². The molecule has 0 aliphatic heterocycles. The summed E-state index contributed by atoms with van der Waals surface area (Å²) in [6.07, 6.45) is 1.23. The van der Waals surface area contributed by atoms with Gasteiger partial charge in [-0.15, -0.1) is 0 Å². The minimum absolute atomic E-state index is 0.0296. The number of aromatic nitrogens is 1. The van der Waals surface area contributed by atoms with E-state index in [-0.39, 0.29) is 10.8 Å². The zero-order valence-electron chi connectivity index (χ0n) is 10.8. The van der Waals surface area contributed by atoms with Crippen LogP contribution >= 0.6 is 11.3 Å². The third-order valence-corrected chi connectivity index (χ3v) is 3.53. The highest BCUT2D eigenvalue weighted by Gasteiger charge is 2.05. The van der Waals surface area contributed by atoms with Gasteiger partial charge in [-0.25, -0.2) is 0 Å². The fraction of sp³-hybridized carbons (Fsp3) is 0.667. The Kier molecular flexibility index (Phi) is 6.07. The maximum Gasteiger partial charge on any atom is 0.307 e. The van der Waals surface area contributed by atoms with E-state index in [0.29, 0.717) is 32.4 Å². The summed E-state index contributed by atoms with van der Waals surface area (Å²) < 4.78 is 1.69. The molecule has 102 valence electrons. The van der Waals surface area contributed by atoms with Crippen LogP contribution in [0, 0.1) is 6.92 Å². The summed E-state index contributed by atoms with van der Waals surface area (Å²) in [7, 11) is 0. The fourth-order valence-corrected chi connectivity index (χ4v) is 2.34. The van der Waals surface area contributed by atoms with E-state index in [1.165, 1.54) is 11.3 Å². The van der Waals surface area contributed by atoms with Gasteiger partial charge in [0.15, 0.2) is 0 Å². The van der Waals surface area contributed by atoms with Gasteiger partial charge < -0.3 is 15.0 Å². The van der Waals surface area contributed by atoms with E-state index in [1.54, 1.807) is 11.5 Å². The number of carbonyl (C=O) groups is 1. The van der Waals surface area contributed by atoms with Crippen molar-refractivity contribution in [2.24, 2.45) is 0 Å². The van der Waals surface area contributed by atoms with Crippen molar-refractivity contribution >= 4 is 17.2 Å². The van der Waals surface area contributed by atoms with Crippen LogP contribution in [0.2, 0.25) is 0 Å². The molecule has 0 aliphatic rings. The predicted octanol–water partition coefficient (Wildman–Crippen LogP) is 0.886. The monoisotopic (exact) mass is 272 g/mol. The third kappa shape index (κ3) is 5.01. The summed E-state index contributed by atoms with van der Waals surface area (Å²) in [4.78, 5) is 22.9. The van der Waals surface area contributed by atoms with Gasteiger partial charge in [0.1, 0.15) is 0 Å². The third-order valence-electron chi connectivity index (χ3n) is 2.65. The molecule has 0 aliphatic carbocycles. The molecule has 0 radical (unpaired) electrons. The van der Waals surface area contributed by atoms with Crippen LogP contribution in [0.15, 0.2) is 10.2 Å². The number of aryl methyl sites for hydroxylation is 1. The van der Waals surface area contributed by atoms with Gasteiger partial charge in [0.25, 0.3) is 0 Å². The van der Waals surface area contributed by atoms with Crippen molar-refractivity contribution in [1.29, 1.82) is 0 Å². The lowest BCUT2D eigenvalue weighted by Gasteiger charge is -2.07. The summed E-state index contributed by atoms with van der Waals surface area (Å²) in [6.45, 7) is 4.66. The molecule has 1 aromatic rings. The molecule has 6 heteroatoms. The highest BCUT2D eigenvalue weighted by atomic mass is 32.1. The van der Waals surface area contributed by atoms with E-state index < -0.39 is 6.10 Å². The number of aliphatic hydroxyl groups excluding tert-OH is 1. The number of hydrogen-bond acceptors (Lipinski definition) is 4. The molecule has 1 unspecified atom stereocenters. The Bertz CT molecular complexity index is 437. The van der Waals surface area contributed by atoms with Crippen LogP contribution in [-0.4, -0.2) is 28.2 Å². The maximum absolute atomic E-state index is 11.4. The molecule has 0 spiro atoms. The molecule has 1 atom stereocenters. The van der Waals surface area contributed by atoms with E-state index in [9.17, 15) is 9.59 Å². The first kappa shape index (κ1) is 14.9. The van der Waals surface area contributed by atoms with Crippen LogP contribution < -0.4 is 10.2 Å². The van der Waals surface area contributed by atoms with Crippen molar-refractivity contribution in [2.45, 2.75) is 45.8 Å². The Morgan fingerprint density at radius 1 is 1.61 bits per heavy atom. The molecular formula is C12H20N2O3S. The van der Waals surface area contributed by atoms with E-state index in [4.69, 9.17) is 5.11 Å². The number of nitrogens with zero attached hydrogens (tertiary/aromatic N) is 1. The first-order valence-corrected chi connectivity index (χ1v) is 6.98. The Morgan fingerprint density at radius 3 is 2.89 bits per heavy atom. The zero-order chi connectivity index (χ0) is 13.5. The smallest absolute Gasteiger partial charge is 0.307 e. The average molecular weight is 272 g/mol. The lowest BCUT2D eigenvalue weighted by atomic mass is 10.2. The lowest BCUT2D eigenvalue weighted by Crippen LogP contribution is -2.26. The lowest BCUT2D eigenvalue weighted by molar-refractivity contribution is -0.121. The topological polar surface area (TPSA) is 71.3 Å². The number of nitrogens with one attached hydrogen (secondary N) is 1. The minimum Gasteiger partial charge on any atom is -0.393 e. The molecule has 1 amide bonds. The largest absolute Gasteiger partial charge is 0.393 e. The predicted molar refractivity (Wildman–Crippen MR) is 71.9 cm³/mol. The van der Waals surface area contributed by atoms with Crippen molar-refractivity contribution in [2.75, 3.05) is 6.54 Å². The SMILES string of the molecule is Cc1csc(=O)n1CCCC(=O)NCCC(C)O. The van der Waals surface area contributed by atoms with E-state index in [1.807, 2.05) is 12.3 Å². The second-order valence-electron chi connectivity index (χ2n) is 4.39. The van der Waals surface area contributed by atoms with Crippen LogP contribution in [0.1, 0.15) is 31.9 Å². The molecule has 2 N–H and O–H groups in total. The molecule has 0 fully saturated rings. The van der Waals surface area contributed by atoms with Crippen molar-refractivity contribution in [1.82, 2.24) is 9.88 Å².